The van der Waals surface area contributed by atoms with E-state index in [-0.39, 0.29) is 5.41 Å². The maximum Gasteiger partial charge on any atom is -0.0103 e. The Morgan fingerprint density at radius 3 is 1.90 bits per heavy atom. The molecule has 0 aliphatic heterocycles. The van der Waals surface area contributed by atoms with E-state index in [4.69, 9.17) is 0 Å². The van der Waals surface area contributed by atoms with Gasteiger partial charge < -0.3 is 0 Å². The molecule has 116 valence electrons. The lowest BCUT2D eigenvalue weighted by Crippen LogP contribution is -2.19. The standard InChI is InChI=1S/C18H30.C2H6/c1-8-9-12-18(6,7)15-10-11-16(14(2)13-15)17(3,4)5;1-2/h10-11,13H,8-9,12H2,1-7H3;1-2H3. The Kier molecular flexibility index (Phi) is 7.55. The van der Waals surface area contributed by atoms with Gasteiger partial charge in [0.25, 0.3) is 0 Å². The molecule has 0 spiro atoms. The molecule has 1 rings (SSSR count). The van der Waals surface area contributed by atoms with E-state index in [0.717, 1.165) is 0 Å². The van der Waals surface area contributed by atoms with Gasteiger partial charge in [0.2, 0.25) is 0 Å². The first kappa shape index (κ1) is 19.2. The molecule has 0 unspecified atom stereocenters. The van der Waals surface area contributed by atoms with E-state index >= 15 is 0 Å². The number of unbranched alkanes of at least 4 members (excludes halogenated alkanes) is 1. The van der Waals surface area contributed by atoms with Gasteiger partial charge in [-0.05, 0) is 40.9 Å². The van der Waals surface area contributed by atoms with Crippen LogP contribution in [0.5, 0.6) is 0 Å². The molecule has 0 radical (unpaired) electrons. The van der Waals surface area contributed by atoms with Crippen LogP contribution in [0.2, 0.25) is 0 Å². The fourth-order valence-corrected chi connectivity index (χ4v) is 2.69. The van der Waals surface area contributed by atoms with E-state index in [1.165, 1.54) is 36.0 Å². The van der Waals surface area contributed by atoms with Gasteiger partial charge in [0, 0.05) is 0 Å². The number of hydrogen-bond acceptors (Lipinski definition) is 0. The third-order valence-corrected chi connectivity index (χ3v) is 3.97. The third kappa shape index (κ3) is 5.31. The minimum absolute atomic E-state index is 0.246. The van der Waals surface area contributed by atoms with Gasteiger partial charge in [0.15, 0.2) is 0 Å². The van der Waals surface area contributed by atoms with Crippen LogP contribution in [0.4, 0.5) is 0 Å². The molecule has 0 nitrogen and oxygen atoms in total. The summed E-state index contributed by atoms with van der Waals surface area (Å²) >= 11 is 0. The zero-order chi connectivity index (χ0) is 16.0. The average Bonchev–Trinajstić information content (AvgIpc) is 2.37. The summed E-state index contributed by atoms with van der Waals surface area (Å²) in [7, 11) is 0. The van der Waals surface area contributed by atoms with E-state index in [1.807, 2.05) is 13.8 Å². The van der Waals surface area contributed by atoms with E-state index < -0.39 is 0 Å². The normalized spacial score (nSPS) is 11.8. The Labute approximate surface area is 128 Å². The van der Waals surface area contributed by atoms with Crippen molar-refractivity contribution < 1.29 is 0 Å². The zero-order valence-electron chi connectivity index (χ0n) is 15.4. The molecule has 0 heterocycles. The minimum Gasteiger partial charge on any atom is -0.0683 e. The van der Waals surface area contributed by atoms with Crippen molar-refractivity contribution in [2.75, 3.05) is 0 Å². The number of benzene rings is 1. The van der Waals surface area contributed by atoms with E-state index in [0.29, 0.717) is 5.41 Å². The van der Waals surface area contributed by atoms with Gasteiger partial charge in [-0.2, -0.15) is 0 Å². The van der Waals surface area contributed by atoms with Crippen molar-refractivity contribution in [3.05, 3.63) is 34.9 Å². The summed E-state index contributed by atoms with van der Waals surface area (Å²) in [5.74, 6) is 0. The van der Waals surface area contributed by atoms with Crippen molar-refractivity contribution in [2.45, 2.75) is 92.4 Å². The van der Waals surface area contributed by atoms with Gasteiger partial charge >= 0.3 is 0 Å². The van der Waals surface area contributed by atoms with Gasteiger partial charge in [-0.25, -0.2) is 0 Å². The number of hydrogen-bond donors (Lipinski definition) is 0. The van der Waals surface area contributed by atoms with Gasteiger partial charge in [0.05, 0.1) is 0 Å². The van der Waals surface area contributed by atoms with Crippen LogP contribution in [-0.4, -0.2) is 0 Å². The topological polar surface area (TPSA) is 0 Å². The number of aryl methyl sites for hydroxylation is 1. The first-order chi connectivity index (χ1) is 9.18. The molecule has 20 heavy (non-hydrogen) atoms. The van der Waals surface area contributed by atoms with Crippen LogP contribution in [0.1, 0.15) is 91.3 Å². The van der Waals surface area contributed by atoms with Crippen molar-refractivity contribution in [3.63, 3.8) is 0 Å². The summed E-state index contributed by atoms with van der Waals surface area (Å²) in [4.78, 5) is 0. The van der Waals surface area contributed by atoms with E-state index in [1.54, 1.807) is 0 Å². The summed E-state index contributed by atoms with van der Waals surface area (Å²) in [5, 5.41) is 0. The summed E-state index contributed by atoms with van der Waals surface area (Å²) in [5.41, 5.74) is 4.94. The molecule has 0 N–H and O–H groups in total. The van der Waals surface area contributed by atoms with Crippen LogP contribution in [0.15, 0.2) is 18.2 Å². The van der Waals surface area contributed by atoms with Crippen LogP contribution >= 0.6 is 0 Å². The summed E-state index contributed by atoms with van der Waals surface area (Å²) in [6.45, 7) is 20.1. The Bertz CT molecular complexity index is 391. The zero-order valence-corrected chi connectivity index (χ0v) is 15.4. The molecule has 0 aliphatic rings. The molecule has 1 aromatic rings. The van der Waals surface area contributed by atoms with Crippen LogP contribution < -0.4 is 0 Å². The maximum atomic E-state index is 2.40. The number of rotatable bonds is 4. The van der Waals surface area contributed by atoms with Crippen LogP contribution in [0.3, 0.4) is 0 Å². The van der Waals surface area contributed by atoms with Crippen molar-refractivity contribution in [1.29, 1.82) is 0 Å². The molecule has 0 saturated carbocycles. The van der Waals surface area contributed by atoms with Crippen molar-refractivity contribution in [2.24, 2.45) is 0 Å². The molecule has 1 aromatic carbocycles. The Balaban J connectivity index is 0.00000172. The first-order valence-corrected chi connectivity index (χ1v) is 8.30. The maximum absolute atomic E-state index is 2.40. The van der Waals surface area contributed by atoms with E-state index in [2.05, 4.69) is 66.7 Å². The molecule has 0 fully saturated rings. The Hall–Kier alpha value is -0.780. The second-order valence-corrected chi connectivity index (χ2v) is 7.27. The predicted molar refractivity (Wildman–Crippen MR) is 93.8 cm³/mol. The minimum atomic E-state index is 0.246. The summed E-state index contributed by atoms with van der Waals surface area (Å²) in [6, 6.07) is 7.07. The Morgan fingerprint density at radius 2 is 1.50 bits per heavy atom. The average molecular weight is 277 g/mol. The largest absolute Gasteiger partial charge is 0.0683 e. The van der Waals surface area contributed by atoms with Gasteiger partial charge in [-0.3, -0.25) is 0 Å². The van der Waals surface area contributed by atoms with Crippen molar-refractivity contribution in [1.82, 2.24) is 0 Å². The molecule has 0 saturated heterocycles. The molecule has 0 heteroatoms. The highest BCUT2D eigenvalue weighted by Crippen LogP contribution is 2.33. The second kappa shape index (κ2) is 7.86. The van der Waals surface area contributed by atoms with Crippen LogP contribution in [0.25, 0.3) is 0 Å². The summed E-state index contributed by atoms with van der Waals surface area (Å²) < 4.78 is 0. The smallest absolute Gasteiger partial charge is 0.0103 e. The third-order valence-electron chi connectivity index (χ3n) is 3.97. The molecule has 0 aliphatic carbocycles. The predicted octanol–water partition coefficient (Wildman–Crippen LogP) is 6.79. The van der Waals surface area contributed by atoms with Crippen molar-refractivity contribution in [3.8, 4) is 0 Å². The SMILES string of the molecule is CC.CCCCC(C)(C)c1ccc(C(C)(C)C)c(C)c1. The van der Waals surface area contributed by atoms with Gasteiger partial charge in [0.1, 0.15) is 0 Å². The fourth-order valence-electron chi connectivity index (χ4n) is 2.69. The lowest BCUT2D eigenvalue weighted by Gasteiger charge is -2.28. The van der Waals surface area contributed by atoms with Crippen molar-refractivity contribution >= 4 is 0 Å². The second-order valence-electron chi connectivity index (χ2n) is 7.27. The fraction of sp³-hybridized carbons (Fsp3) is 0.700. The molecule has 0 bridgehead atoms. The highest BCUT2D eigenvalue weighted by molar-refractivity contribution is 5.38. The lowest BCUT2D eigenvalue weighted by molar-refractivity contribution is 0.457. The molecule has 0 aromatic heterocycles. The van der Waals surface area contributed by atoms with Gasteiger partial charge in [-0.1, -0.05) is 86.4 Å². The quantitative estimate of drug-likeness (QED) is 0.568. The van der Waals surface area contributed by atoms with Gasteiger partial charge in [-0.15, -0.1) is 0 Å². The van der Waals surface area contributed by atoms with E-state index in [9.17, 15) is 0 Å². The molecule has 0 atom stereocenters. The lowest BCUT2D eigenvalue weighted by atomic mass is 9.77. The molecule has 0 amide bonds. The highest BCUT2D eigenvalue weighted by atomic mass is 14.3. The monoisotopic (exact) mass is 276 g/mol. The Morgan fingerprint density at radius 1 is 0.950 bits per heavy atom. The van der Waals surface area contributed by atoms with Crippen LogP contribution in [-0.2, 0) is 10.8 Å². The molecular formula is C20H36. The first-order valence-electron chi connectivity index (χ1n) is 8.30. The van der Waals surface area contributed by atoms with Crippen LogP contribution in [0, 0.1) is 6.92 Å². The summed E-state index contributed by atoms with van der Waals surface area (Å²) in [6.07, 6.45) is 3.87. The highest BCUT2D eigenvalue weighted by Gasteiger charge is 2.22. The molecular weight excluding hydrogens is 240 g/mol.